The molecular formula is C18H16N2O3S. The van der Waals surface area contributed by atoms with Crippen LogP contribution < -0.4 is 10.6 Å². The van der Waals surface area contributed by atoms with E-state index in [0.29, 0.717) is 16.9 Å². The molecule has 2 amide bonds. The number of nitrogen functional groups attached to an aromatic ring is 1. The van der Waals surface area contributed by atoms with Crippen LogP contribution in [0, 0.1) is 0 Å². The molecule has 1 aliphatic heterocycles. The zero-order valence-electron chi connectivity index (χ0n) is 13.1. The maximum Gasteiger partial charge on any atom is 0.247 e. The first-order valence-electron chi connectivity index (χ1n) is 7.47. The summed E-state index contributed by atoms with van der Waals surface area (Å²) in [6.45, 7) is 1.42. The Labute approximate surface area is 143 Å². The number of hydrogen-bond donors (Lipinski definition) is 1. The lowest BCUT2D eigenvalue weighted by Gasteiger charge is -2.17. The molecule has 5 nitrogen and oxygen atoms in total. The van der Waals surface area contributed by atoms with Crippen LogP contribution in [-0.2, 0) is 9.59 Å². The van der Waals surface area contributed by atoms with Gasteiger partial charge >= 0.3 is 0 Å². The van der Waals surface area contributed by atoms with E-state index in [0.717, 1.165) is 9.80 Å². The van der Waals surface area contributed by atoms with E-state index in [-0.39, 0.29) is 24.0 Å². The highest BCUT2D eigenvalue weighted by Gasteiger charge is 2.41. The smallest absolute Gasteiger partial charge is 0.247 e. The van der Waals surface area contributed by atoms with Crippen molar-refractivity contribution in [3.8, 4) is 0 Å². The van der Waals surface area contributed by atoms with Gasteiger partial charge in [0.1, 0.15) is 0 Å². The molecule has 122 valence electrons. The number of imide groups is 1. The van der Waals surface area contributed by atoms with Crippen LogP contribution in [0.2, 0.25) is 0 Å². The number of carbonyl (C=O) groups excluding carboxylic acids is 3. The van der Waals surface area contributed by atoms with Gasteiger partial charge in [-0.2, -0.15) is 0 Å². The van der Waals surface area contributed by atoms with E-state index in [2.05, 4.69) is 0 Å². The molecule has 2 aromatic rings. The largest absolute Gasteiger partial charge is 0.398 e. The van der Waals surface area contributed by atoms with Crippen LogP contribution in [0.3, 0.4) is 0 Å². The molecule has 1 fully saturated rings. The van der Waals surface area contributed by atoms with Gasteiger partial charge in [0.2, 0.25) is 11.8 Å². The van der Waals surface area contributed by atoms with Crippen molar-refractivity contribution in [2.75, 3.05) is 10.6 Å². The van der Waals surface area contributed by atoms with E-state index in [4.69, 9.17) is 5.73 Å². The van der Waals surface area contributed by atoms with E-state index < -0.39 is 5.25 Å². The Bertz CT molecular complexity index is 835. The number of benzene rings is 2. The summed E-state index contributed by atoms with van der Waals surface area (Å²) < 4.78 is 0. The van der Waals surface area contributed by atoms with Crippen molar-refractivity contribution in [2.24, 2.45) is 0 Å². The standard InChI is InChI=1S/C18H16N2O3S/c1-11(21)12-6-2-4-8-14(12)20-17(22)10-16(18(20)23)24-15-9-5-3-7-13(15)19/h2-9,16H,10,19H2,1H3/t16-/m0/s1. The number of para-hydroxylation sites is 2. The predicted molar refractivity (Wildman–Crippen MR) is 94.1 cm³/mol. The summed E-state index contributed by atoms with van der Waals surface area (Å²) in [5.41, 5.74) is 7.20. The summed E-state index contributed by atoms with van der Waals surface area (Å²) in [5, 5.41) is -0.540. The topological polar surface area (TPSA) is 80.5 Å². The molecule has 6 heteroatoms. The molecule has 1 aliphatic rings. The molecule has 0 radical (unpaired) electrons. The van der Waals surface area contributed by atoms with Crippen LogP contribution in [-0.4, -0.2) is 22.8 Å². The normalized spacial score (nSPS) is 17.4. The molecule has 2 N–H and O–H groups in total. The number of nitrogens with zero attached hydrogens (tertiary/aromatic N) is 1. The number of anilines is 2. The summed E-state index contributed by atoms with van der Waals surface area (Å²) in [7, 11) is 0. The average molecular weight is 340 g/mol. The predicted octanol–water partition coefficient (Wildman–Crippen LogP) is 2.90. The van der Waals surface area contributed by atoms with Crippen LogP contribution in [0.5, 0.6) is 0 Å². The molecule has 1 saturated heterocycles. The zero-order valence-corrected chi connectivity index (χ0v) is 13.9. The Morgan fingerprint density at radius 2 is 1.79 bits per heavy atom. The quantitative estimate of drug-likeness (QED) is 0.526. The maximum absolute atomic E-state index is 12.7. The Morgan fingerprint density at radius 3 is 2.50 bits per heavy atom. The van der Waals surface area contributed by atoms with Crippen LogP contribution in [0.1, 0.15) is 23.7 Å². The fourth-order valence-corrected chi connectivity index (χ4v) is 3.76. The van der Waals surface area contributed by atoms with Gasteiger partial charge in [-0.1, -0.05) is 24.3 Å². The monoisotopic (exact) mass is 340 g/mol. The highest BCUT2D eigenvalue weighted by Crippen LogP contribution is 2.37. The number of thioether (sulfide) groups is 1. The van der Waals surface area contributed by atoms with E-state index >= 15 is 0 Å². The second kappa shape index (κ2) is 6.49. The van der Waals surface area contributed by atoms with Crippen molar-refractivity contribution in [3.05, 3.63) is 54.1 Å². The molecule has 1 atom stereocenters. The average Bonchev–Trinajstić information content (AvgIpc) is 2.83. The van der Waals surface area contributed by atoms with E-state index in [1.54, 1.807) is 30.3 Å². The van der Waals surface area contributed by atoms with Crippen LogP contribution >= 0.6 is 11.8 Å². The Balaban J connectivity index is 1.90. The first-order valence-corrected chi connectivity index (χ1v) is 8.35. The summed E-state index contributed by atoms with van der Waals surface area (Å²) in [4.78, 5) is 38.8. The van der Waals surface area contributed by atoms with Crippen molar-refractivity contribution in [3.63, 3.8) is 0 Å². The second-order valence-corrected chi connectivity index (χ2v) is 6.73. The number of Topliss-reactive ketones (excluding diaryl/α,β-unsaturated/α-hetero) is 1. The van der Waals surface area contributed by atoms with Gasteiger partial charge in [0, 0.05) is 22.6 Å². The van der Waals surface area contributed by atoms with Crippen LogP contribution in [0.25, 0.3) is 0 Å². The van der Waals surface area contributed by atoms with Gasteiger partial charge < -0.3 is 5.73 Å². The van der Waals surface area contributed by atoms with Crippen molar-refractivity contribution < 1.29 is 14.4 Å². The lowest BCUT2D eigenvalue weighted by atomic mass is 10.1. The number of ketones is 1. The summed E-state index contributed by atoms with van der Waals surface area (Å²) >= 11 is 1.28. The summed E-state index contributed by atoms with van der Waals surface area (Å²) in [6.07, 6.45) is 0.0874. The van der Waals surface area contributed by atoms with Gasteiger partial charge in [-0.05, 0) is 31.2 Å². The van der Waals surface area contributed by atoms with Gasteiger partial charge in [-0.15, -0.1) is 11.8 Å². The van der Waals surface area contributed by atoms with Crippen LogP contribution in [0.4, 0.5) is 11.4 Å². The molecule has 0 spiro atoms. The molecule has 24 heavy (non-hydrogen) atoms. The molecule has 0 unspecified atom stereocenters. The van der Waals surface area contributed by atoms with Gasteiger partial charge in [0.15, 0.2) is 5.78 Å². The highest BCUT2D eigenvalue weighted by atomic mass is 32.2. The van der Waals surface area contributed by atoms with Gasteiger partial charge in [-0.25, -0.2) is 4.90 Å². The second-order valence-electron chi connectivity index (χ2n) is 5.49. The van der Waals surface area contributed by atoms with Gasteiger partial charge in [0.05, 0.1) is 10.9 Å². The molecule has 0 bridgehead atoms. The van der Waals surface area contributed by atoms with Gasteiger partial charge in [0.25, 0.3) is 0 Å². The molecule has 3 rings (SSSR count). The SMILES string of the molecule is CC(=O)c1ccccc1N1C(=O)C[C@H](Sc2ccccc2N)C1=O. The first kappa shape index (κ1) is 16.3. The molecule has 0 saturated carbocycles. The minimum absolute atomic E-state index is 0.0874. The maximum atomic E-state index is 12.7. The van der Waals surface area contributed by atoms with E-state index in [1.807, 2.05) is 18.2 Å². The van der Waals surface area contributed by atoms with E-state index in [9.17, 15) is 14.4 Å². The molecule has 0 aliphatic carbocycles. The van der Waals surface area contributed by atoms with Gasteiger partial charge in [-0.3, -0.25) is 14.4 Å². The Kier molecular flexibility index (Phi) is 4.40. The number of hydrogen-bond acceptors (Lipinski definition) is 5. The van der Waals surface area contributed by atoms with Crippen LogP contribution in [0.15, 0.2) is 53.4 Å². The summed E-state index contributed by atoms with van der Waals surface area (Å²) in [5.74, 6) is -0.808. The highest BCUT2D eigenvalue weighted by molar-refractivity contribution is 8.00. The van der Waals surface area contributed by atoms with Crippen molar-refractivity contribution in [1.82, 2.24) is 0 Å². The summed E-state index contributed by atoms with van der Waals surface area (Å²) in [6, 6.07) is 13.9. The fourth-order valence-electron chi connectivity index (χ4n) is 2.66. The zero-order chi connectivity index (χ0) is 17.3. The van der Waals surface area contributed by atoms with Crippen molar-refractivity contribution in [1.29, 1.82) is 0 Å². The number of nitrogens with two attached hydrogens (primary N) is 1. The fraction of sp³-hybridized carbons (Fsp3) is 0.167. The Hall–Kier alpha value is -2.60. The third-order valence-corrected chi connectivity index (χ3v) is 5.10. The number of amides is 2. The van der Waals surface area contributed by atoms with Crippen molar-refractivity contribution >= 4 is 40.7 Å². The molecule has 1 heterocycles. The lowest BCUT2D eigenvalue weighted by molar-refractivity contribution is -0.121. The lowest BCUT2D eigenvalue weighted by Crippen LogP contribution is -2.32. The molecular weight excluding hydrogens is 324 g/mol. The third kappa shape index (κ3) is 2.92. The molecule has 2 aromatic carbocycles. The van der Waals surface area contributed by atoms with E-state index in [1.165, 1.54) is 18.7 Å². The minimum Gasteiger partial charge on any atom is -0.398 e. The number of carbonyl (C=O) groups is 3. The number of rotatable bonds is 4. The van der Waals surface area contributed by atoms with Crippen molar-refractivity contribution in [2.45, 2.75) is 23.5 Å². The minimum atomic E-state index is -0.540. The molecule has 0 aromatic heterocycles. The Morgan fingerprint density at radius 1 is 1.12 bits per heavy atom. The third-order valence-electron chi connectivity index (χ3n) is 3.82. The first-order chi connectivity index (χ1) is 11.5.